The van der Waals surface area contributed by atoms with E-state index in [4.69, 9.17) is 0 Å². The molecule has 0 spiro atoms. The molecule has 0 saturated carbocycles. The number of hydrogen-bond donors (Lipinski definition) is 2. The van der Waals surface area contributed by atoms with Crippen molar-refractivity contribution in [2.75, 3.05) is 0 Å². The first-order valence-electron chi connectivity index (χ1n) is 17.9. The van der Waals surface area contributed by atoms with Crippen LogP contribution < -0.4 is 0 Å². The molecule has 0 heterocycles. The Labute approximate surface area is 283 Å². The topological polar surface area (TPSA) is 40.5 Å². The Bertz CT molecular complexity index is 1330. The van der Waals surface area contributed by atoms with E-state index in [1.807, 2.05) is 0 Å². The number of benzene rings is 3. The van der Waals surface area contributed by atoms with E-state index in [-0.39, 0.29) is 21.7 Å². The van der Waals surface area contributed by atoms with Crippen molar-refractivity contribution in [1.29, 1.82) is 0 Å². The molecule has 0 radical (unpaired) electrons. The van der Waals surface area contributed by atoms with E-state index in [0.717, 1.165) is 60.8 Å². The molecule has 0 atom stereocenters. The van der Waals surface area contributed by atoms with Crippen LogP contribution >= 0.6 is 0 Å². The van der Waals surface area contributed by atoms with Crippen molar-refractivity contribution in [3.8, 4) is 11.5 Å². The fraction of sp³-hybridized carbons (Fsp3) is 0.591. The monoisotopic (exact) mass is 627 g/mol. The summed E-state index contributed by atoms with van der Waals surface area (Å²) in [5.41, 5.74) is 15.1. The third kappa shape index (κ3) is 7.69. The summed E-state index contributed by atoms with van der Waals surface area (Å²) in [7, 11) is 0. The Hall–Kier alpha value is -2.74. The maximum Gasteiger partial charge on any atom is 0.123 e. The smallest absolute Gasteiger partial charge is 0.123 e. The van der Waals surface area contributed by atoms with Gasteiger partial charge in [-0.05, 0) is 127 Å². The second-order valence-electron chi connectivity index (χ2n) is 17.7. The summed E-state index contributed by atoms with van der Waals surface area (Å²) in [6.07, 6.45) is 5.73. The molecule has 46 heavy (non-hydrogen) atoms. The van der Waals surface area contributed by atoms with Crippen LogP contribution in [0.25, 0.3) is 0 Å². The van der Waals surface area contributed by atoms with Gasteiger partial charge in [-0.25, -0.2) is 0 Å². The van der Waals surface area contributed by atoms with Gasteiger partial charge in [0.15, 0.2) is 0 Å². The van der Waals surface area contributed by atoms with E-state index >= 15 is 0 Å². The van der Waals surface area contributed by atoms with Gasteiger partial charge < -0.3 is 10.2 Å². The summed E-state index contributed by atoms with van der Waals surface area (Å²) in [5.74, 6) is 0.902. The molecule has 0 unspecified atom stereocenters. The predicted molar refractivity (Wildman–Crippen MR) is 201 cm³/mol. The number of phenolic OH excluding ortho intramolecular Hbond substituents is 2. The van der Waals surface area contributed by atoms with E-state index < -0.39 is 0 Å². The molecule has 3 rings (SSSR count). The Morgan fingerprint density at radius 3 is 0.717 bits per heavy atom. The lowest BCUT2D eigenvalue weighted by atomic mass is 9.75. The molecule has 3 aromatic carbocycles. The molecular weight excluding hydrogens is 560 g/mol. The molecule has 0 aliphatic heterocycles. The van der Waals surface area contributed by atoms with Gasteiger partial charge >= 0.3 is 0 Å². The summed E-state index contributed by atoms with van der Waals surface area (Å²) in [6.45, 7) is 35.7. The van der Waals surface area contributed by atoms with Crippen molar-refractivity contribution in [2.45, 2.75) is 171 Å². The highest BCUT2D eigenvalue weighted by molar-refractivity contribution is 5.58. The van der Waals surface area contributed by atoms with E-state index in [0.29, 0.717) is 11.5 Å². The van der Waals surface area contributed by atoms with Crippen molar-refractivity contribution < 1.29 is 10.2 Å². The van der Waals surface area contributed by atoms with E-state index in [1.54, 1.807) is 0 Å². The second-order valence-corrected chi connectivity index (χ2v) is 17.7. The SMILES string of the molecule is CCc1c(CC)c(Cc2cc(C(C)(C)C)c(O)c(C(C)(C)C)c2)c(CC)c(CC)c1Cc1cc(C(C)(C)C)c(O)c(C(C)(C)C)c1. The molecule has 2 heteroatoms. The van der Waals surface area contributed by atoms with Crippen LogP contribution in [0.5, 0.6) is 11.5 Å². The second kappa shape index (κ2) is 13.4. The van der Waals surface area contributed by atoms with Crippen molar-refractivity contribution in [2.24, 2.45) is 0 Å². The van der Waals surface area contributed by atoms with Gasteiger partial charge in [0.2, 0.25) is 0 Å². The molecule has 0 amide bonds. The third-order valence-electron chi connectivity index (χ3n) is 9.93. The summed E-state index contributed by atoms with van der Waals surface area (Å²) < 4.78 is 0. The zero-order valence-corrected chi connectivity index (χ0v) is 32.4. The van der Waals surface area contributed by atoms with E-state index in [2.05, 4.69) is 135 Å². The van der Waals surface area contributed by atoms with Crippen LogP contribution in [-0.2, 0) is 60.2 Å². The highest BCUT2D eigenvalue weighted by Gasteiger charge is 2.30. The van der Waals surface area contributed by atoms with Crippen LogP contribution in [0.2, 0.25) is 0 Å². The molecule has 2 N–H and O–H groups in total. The van der Waals surface area contributed by atoms with Crippen molar-refractivity contribution in [3.05, 3.63) is 91.0 Å². The lowest BCUT2D eigenvalue weighted by molar-refractivity contribution is 0.422. The first-order valence-corrected chi connectivity index (χ1v) is 17.9. The van der Waals surface area contributed by atoms with Crippen LogP contribution in [0.1, 0.15) is 178 Å². The highest BCUT2D eigenvalue weighted by Crippen LogP contribution is 2.43. The number of hydrogen-bond acceptors (Lipinski definition) is 2. The summed E-state index contributed by atoms with van der Waals surface area (Å²) >= 11 is 0. The maximum atomic E-state index is 11.4. The first kappa shape index (κ1) is 37.7. The van der Waals surface area contributed by atoms with Gasteiger partial charge in [-0.3, -0.25) is 0 Å². The van der Waals surface area contributed by atoms with E-state index in [1.165, 1.54) is 44.5 Å². The average molecular weight is 627 g/mol. The zero-order valence-electron chi connectivity index (χ0n) is 32.4. The molecule has 0 bridgehead atoms. The lowest BCUT2D eigenvalue weighted by Gasteiger charge is -2.30. The summed E-state index contributed by atoms with van der Waals surface area (Å²) in [5, 5.41) is 22.9. The Kier molecular flexibility index (Phi) is 11.0. The van der Waals surface area contributed by atoms with Crippen LogP contribution in [0.3, 0.4) is 0 Å². The highest BCUT2D eigenvalue weighted by atomic mass is 16.3. The minimum atomic E-state index is -0.157. The number of rotatable bonds is 8. The molecule has 0 aromatic heterocycles. The molecular formula is C44H66O2. The zero-order chi connectivity index (χ0) is 35.2. The van der Waals surface area contributed by atoms with Gasteiger partial charge in [-0.1, -0.05) is 135 Å². The molecule has 0 fully saturated rings. The molecule has 3 aromatic rings. The number of phenols is 2. The van der Waals surface area contributed by atoms with Crippen LogP contribution in [-0.4, -0.2) is 10.2 Å². The average Bonchev–Trinajstić information content (AvgIpc) is 2.91. The van der Waals surface area contributed by atoms with Crippen molar-refractivity contribution in [3.63, 3.8) is 0 Å². The first-order chi connectivity index (χ1) is 21.0. The molecule has 0 aliphatic carbocycles. The fourth-order valence-electron chi connectivity index (χ4n) is 7.51. The van der Waals surface area contributed by atoms with Gasteiger partial charge in [0.1, 0.15) is 11.5 Å². The molecule has 0 aliphatic rings. The predicted octanol–water partition coefficient (Wildman–Crippen LogP) is 11.7. The van der Waals surface area contributed by atoms with Gasteiger partial charge in [-0.2, -0.15) is 0 Å². The third-order valence-corrected chi connectivity index (χ3v) is 9.93. The summed E-state index contributed by atoms with van der Waals surface area (Å²) in [6, 6.07) is 9.08. The Morgan fingerprint density at radius 1 is 0.370 bits per heavy atom. The molecule has 0 saturated heterocycles. The Balaban J connectivity index is 2.36. The van der Waals surface area contributed by atoms with Crippen LogP contribution in [0.4, 0.5) is 0 Å². The van der Waals surface area contributed by atoms with Crippen LogP contribution in [0, 0.1) is 0 Å². The van der Waals surface area contributed by atoms with Crippen LogP contribution in [0.15, 0.2) is 24.3 Å². The van der Waals surface area contributed by atoms with Gasteiger partial charge in [0.25, 0.3) is 0 Å². The summed E-state index contributed by atoms with van der Waals surface area (Å²) in [4.78, 5) is 0. The standard InChI is InChI=1S/C44H66O2/c1-17-29-30(18-2)34(22-28-25-37(43(11,12)13)40(46)38(26-28)44(14,15)16)32(20-4)31(19-3)33(29)21-27-23-35(41(5,6)7)39(45)36(24-27)42(8,9)10/h23-26,45-46H,17-22H2,1-16H3. The quantitative estimate of drug-likeness (QED) is 0.261. The maximum absolute atomic E-state index is 11.4. The van der Waals surface area contributed by atoms with Crippen molar-refractivity contribution in [1.82, 2.24) is 0 Å². The van der Waals surface area contributed by atoms with Gasteiger partial charge in [0.05, 0.1) is 0 Å². The molecule has 254 valence electrons. The minimum absolute atomic E-state index is 0.157. The Morgan fingerprint density at radius 2 is 0.565 bits per heavy atom. The normalized spacial score (nSPS) is 13.0. The minimum Gasteiger partial charge on any atom is -0.507 e. The number of aromatic hydroxyl groups is 2. The van der Waals surface area contributed by atoms with Crippen molar-refractivity contribution >= 4 is 0 Å². The lowest BCUT2D eigenvalue weighted by Crippen LogP contribution is -2.19. The molecule has 2 nitrogen and oxygen atoms in total. The fourth-order valence-corrected chi connectivity index (χ4v) is 7.51. The van der Waals surface area contributed by atoms with Gasteiger partial charge in [-0.15, -0.1) is 0 Å². The largest absolute Gasteiger partial charge is 0.507 e. The van der Waals surface area contributed by atoms with E-state index in [9.17, 15) is 10.2 Å². The van der Waals surface area contributed by atoms with Gasteiger partial charge in [0, 0.05) is 0 Å².